The molecule has 1 unspecified atom stereocenters. The van der Waals surface area contributed by atoms with Gasteiger partial charge < -0.3 is 15.8 Å². The van der Waals surface area contributed by atoms with Gasteiger partial charge in [0.05, 0.1) is 6.04 Å². The van der Waals surface area contributed by atoms with Crippen LogP contribution in [0.25, 0.3) is 0 Å². The van der Waals surface area contributed by atoms with Crippen LogP contribution in [0.15, 0.2) is 24.3 Å². The smallest absolute Gasteiger partial charge is 0.241 e. The number of carbonyl (C=O) groups is 1. The molecule has 0 saturated carbocycles. The molecule has 1 heterocycles. The number of halogens is 2. The van der Waals surface area contributed by atoms with E-state index < -0.39 is 6.04 Å². The van der Waals surface area contributed by atoms with Crippen LogP contribution < -0.4 is 11.1 Å². The number of amides is 1. The van der Waals surface area contributed by atoms with E-state index >= 15 is 0 Å². The van der Waals surface area contributed by atoms with E-state index in [-0.39, 0.29) is 24.2 Å². The van der Waals surface area contributed by atoms with Crippen molar-refractivity contribution in [3.05, 3.63) is 27.8 Å². The molecule has 1 amide bonds. The summed E-state index contributed by atoms with van der Waals surface area (Å²) in [6.45, 7) is 1.41. The highest BCUT2D eigenvalue weighted by Crippen LogP contribution is 2.19. The summed E-state index contributed by atoms with van der Waals surface area (Å²) >= 11 is 2.21. The van der Waals surface area contributed by atoms with Crippen molar-refractivity contribution in [3.63, 3.8) is 0 Å². The van der Waals surface area contributed by atoms with Crippen molar-refractivity contribution in [3.8, 4) is 0 Å². The van der Waals surface area contributed by atoms with E-state index in [0.29, 0.717) is 13.2 Å². The first-order chi connectivity index (χ1) is 8.66. The zero-order valence-electron chi connectivity index (χ0n) is 10.5. The molecular formula is C13H18ClIN2O2. The molecule has 0 spiro atoms. The molecule has 1 fully saturated rings. The summed E-state index contributed by atoms with van der Waals surface area (Å²) in [5.41, 5.74) is 6.81. The Bertz CT molecular complexity index is 425. The lowest BCUT2D eigenvalue weighted by Gasteiger charge is -2.26. The second kappa shape index (κ2) is 8.04. The van der Waals surface area contributed by atoms with Gasteiger partial charge in [-0.25, -0.2) is 0 Å². The fourth-order valence-electron chi connectivity index (χ4n) is 2.08. The SMILES string of the molecule is Cl.NC(C(=O)Nc1cccc(I)c1)C1CCOCC1. The maximum absolute atomic E-state index is 12.0. The second-order valence-electron chi connectivity index (χ2n) is 4.48. The van der Waals surface area contributed by atoms with Crippen LogP contribution in [0.4, 0.5) is 5.69 Å². The van der Waals surface area contributed by atoms with Gasteiger partial charge in [-0.3, -0.25) is 4.79 Å². The van der Waals surface area contributed by atoms with Gasteiger partial charge in [-0.2, -0.15) is 0 Å². The van der Waals surface area contributed by atoms with Crippen LogP contribution in [0, 0.1) is 9.49 Å². The van der Waals surface area contributed by atoms with Crippen LogP contribution in [0.1, 0.15) is 12.8 Å². The topological polar surface area (TPSA) is 64.4 Å². The van der Waals surface area contributed by atoms with Gasteiger partial charge in [-0.1, -0.05) is 6.07 Å². The predicted octanol–water partition coefficient (Wildman–Crippen LogP) is 2.41. The number of benzene rings is 1. The minimum absolute atomic E-state index is 0. The molecule has 4 nitrogen and oxygen atoms in total. The monoisotopic (exact) mass is 396 g/mol. The summed E-state index contributed by atoms with van der Waals surface area (Å²) in [5.74, 6) is 0.116. The highest BCUT2D eigenvalue weighted by atomic mass is 127. The van der Waals surface area contributed by atoms with Gasteiger partial charge in [0.15, 0.2) is 0 Å². The first-order valence-electron chi connectivity index (χ1n) is 6.06. The van der Waals surface area contributed by atoms with Crippen molar-refractivity contribution < 1.29 is 9.53 Å². The van der Waals surface area contributed by atoms with Gasteiger partial charge in [0.25, 0.3) is 0 Å². The molecule has 1 atom stereocenters. The third-order valence-corrected chi connectivity index (χ3v) is 3.84. The van der Waals surface area contributed by atoms with Crippen molar-refractivity contribution >= 4 is 46.6 Å². The van der Waals surface area contributed by atoms with Crippen molar-refractivity contribution in [1.82, 2.24) is 0 Å². The first-order valence-corrected chi connectivity index (χ1v) is 7.14. The van der Waals surface area contributed by atoms with E-state index in [0.717, 1.165) is 22.1 Å². The highest BCUT2D eigenvalue weighted by molar-refractivity contribution is 14.1. The van der Waals surface area contributed by atoms with E-state index in [4.69, 9.17) is 10.5 Å². The van der Waals surface area contributed by atoms with Crippen molar-refractivity contribution in [2.24, 2.45) is 11.7 Å². The Morgan fingerprint density at radius 3 is 2.74 bits per heavy atom. The number of hydrogen-bond acceptors (Lipinski definition) is 3. The van der Waals surface area contributed by atoms with E-state index in [9.17, 15) is 4.79 Å². The first kappa shape index (κ1) is 16.7. The van der Waals surface area contributed by atoms with Gasteiger partial charge in [0.1, 0.15) is 0 Å². The molecule has 1 aliphatic heterocycles. The molecule has 1 aromatic rings. The molecule has 0 bridgehead atoms. The molecule has 2 rings (SSSR count). The van der Waals surface area contributed by atoms with Crippen LogP contribution in [0.3, 0.4) is 0 Å². The summed E-state index contributed by atoms with van der Waals surface area (Å²) in [5, 5.41) is 2.87. The maximum Gasteiger partial charge on any atom is 0.241 e. The molecule has 3 N–H and O–H groups in total. The standard InChI is InChI=1S/C13H17IN2O2.ClH/c14-10-2-1-3-11(8-10)16-13(17)12(15)9-4-6-18-7-5-9;/h1-3,8-9,12H,4-7,15H2,(H,16,17);1H. The third kappa shape index (κ3) is 4.91. The summed E-state index contributed by atoms with van der Waals surface area (Å²) in [6, 6.07) is 7.24. The predicted molar refractivity (Wildman–Crippen MR) is 86.6 cm³/mol. The van der Waals surface area contributed by atoms with Crippen molar-refractivity contribution in [1.29, 1.82) is 0 Å². The summed E-state index contributed by atoms with van der Waals surface area (Å²) < 4.78 is 6.36. The van der Waals surface area contributed by atoms with Gasteiger partial charge in [0.2, 0.25) is 5.91 Å². The minimum Gasteiger partial charge on any atom is -0.381 e. The maximum atomic E-state index is 12.0. The fraction of sp³-hybridized carbons (Fsp3) is 0.462. The lowest BCUT2D eigenvalue weighted by atomic mass is 9.92. The van der Waals surface area contributed by atoms with Gasteiger partial charge >= 0.3 is 0 Å². The number of nitrogens with one attached hydrogen (secondary N) is 1. The Morgan fingerprint density at radius 2 is 2.11 bits per heavy atom. The van der Waals surface area contributed by atoms with Crippen LogP contribution >= 0.6 is 35.0 Å². The van der Waals surface area contributed by atoms with Crippen LogP contribution in [-0.2, 0) is 9.53 Å². The molecule has 1 saturated heterocycles. The van der Waals surface area contributed by atoms with Crippen LogP contribution in [0.2, 0.25) is 0 Å². The third-order valence-electron chi connectivity index (χ3n) is 3.17. The van der Waals surface area contributed by atoms with E-state index in [2.05, 4.69) is 27.9 Å². The van der Waals surface area contributed by atoms with Crippen LogP contribution in [0.5, 0.6) is 0 Å². The van der Waals surface area contributed by atoms with Gasteiger partial charge in [-0.15, -0.1) is 12.4 Å². The Kier molecular flexibility index (Phi) is 7.06. The molecule has 0 aromatic heterocycles. The summed E-state index contributed by atoms with van der Waals surface area (Å²) in [6.07, 6.45) is 1.72. The zero-order chi connectivity index (χ0) is 13.0. The Morgan fingerprint density at radius 1 is 1.42 bits per heavy atom. The number of hydrogen-bond donors (Lipinski definition) is 2. The zero-order valence-corrected chi connectivity index (χ0v) is 13.4. The second-order valence-corrected chi connectivity index (χ2v) is 5.72. The number of rotatable bonds is 3. The molecule has 1 aromatic carbocycles. The molecular weight excluding hydrogens is 379 g/mol. The number of anilines is 1. The lowest BCUT2D eigenvalue weighted by Crippen LogP contribution is -2.44. The van der Waals surface area contributed by atoms with Crippen molar-refractivity contribution in [2.45, 2.75) is 18.9 Å². The fourth-order valence-corrected chi connectivity index (χ4v) is 2.62. The molecule has 0 aliphatic carbocycles. The normalized spacial score (nSPS) is 17.4. The van der Waals surface area contributed by atoms with Crippen LogP contribution in [-0.4, -0.2) is 25.2 Å². The largest absolute Gasteiger partial charge is 0.381 e. The van der Waals surface area contributed by atoms with E-state index in [1.54, 1.807) is 0 Å². The number of ether oxygens (including phenoxy) is 1. The average Bonchev–Trinajstić information content (AvgIpc) is 2.39. The quantitative estimate of drug-likeness (QED) is 0.771. The summed E-state index contributed by atoms with van der Waals surface area (Å²) in [7, 11) is 0. The van der Waals surface area contributed by atoms with E-state index in [1.165, 1.54) is 0 Å². The summed E-state index contributed by atoms with van der Waals surface area (Å²) in [4.78, 5) is 12.0. The lowest BCUT2D eigenvalue weighted by molar-refractivity contribution is -0.119. The Hall–Kier alpha value is -0.370. The highest BCUT2D eigenvalue weighted by Gasteiger charge is 2.26. The molecule has 0 radical (unpaired) electrons. The number of nitrogens with two attached hydrogens (primary N) is 1. The number of carbonyl (C=O) groups excluding carboxylic acids is 1. The van der Waals surface area contributed by atoms with Gasteiger partial charge in [0, 0.05) is 22.5 Å². The van der Waals surface area contributed by atoms with Gasteiger partial charge in [-0.05, 0) is 59.5 Å². The molecule has 1 aliphatic rings. The molecule has 6 heteroatoms. The van der Waals surface area contributed by atoms with Crippen molar-refractivity contribution in [2.75, 3.05) is 18.5 Å². The Labute approximate surface area is 133 Å². The molecule has 19 heavy (non-hydrogen) atoms. The molecule has 106 valence electrons. The van der Waals surface area contributed by atoms with E-state index in [1.807, 2.05) is 24.3 Å². The Balaban J connectivity index is 0.00000180. The average molecular weight is 397 g/mol. The minimum atomic E-state index is -0.452.